The Hall–Kier alpha value is -1.43. The number of rotatable bonds is 5. The molecule has 0 amide bonds. The largest absolute Gasteiger partial charge is 0.481 e. The second kappa shape index (κ2) is 5.52. The van der Waals surface area contributed by atoms with Gasteiger partial charge in [-0.3, -0.25) is 4.79 Å². The summed E-state index contributed by atoms with van der Waals surface area (Å²) < 4.78 is 11.0. The highest BCUT2D eigenvalue weighted by molar-refractivity contribution is 5.67. The summed E-state index contributed by atoms with van der Waals surface area (Å²) in [5.74, 6) is 0.220. The van der Waals surface area contributed by atoms with Gasteiger partial charge in [0.1, 0.15) is 5.60 Å². The minimum Gasteiger partial charge on any atom is -0.481 e. The van der Waals surface area contributed by atoms with Gasteiger partial charge in [-0.2, -0.15) is 4.98 Å². The molecule has 0 aromatic carbocycles. The molecule has 6 nitrogen and oxygen atoms in total. The average Bonchev–Trinajstić information content (AvgIpc) is 2.76. The van der Waals surface area contributed by atoms with Crippen molar-refractivity contribution in [3.8, 4) is 0 Å². The Morgan fingerprint density at radius 2 is 2.20 bits per heavy atom. The lowest BCUT2D eigenvalue weighted by Crippen LogP contribution is -2.31. The summed E-state index contributed by atoms with van der Waals surface area (Å²) in [6.07, 6.45) is 3.54. The van der Waals surface area contributed by atoms with Crippen LogP contribution in [0.5, 0.6) is 0 Å². The quantitative estimate of drug-likeness (QED) is 0.893. The first-order valence-corrected chi connectivity index (χ1v) is 7.00. The minimum atomic E-state index is -0.822. The van der Waals surface area contributed by atoms with E-state index in [1.807, 2.05) is 20.8 Å². The van der Waals surface area contributed by atoms with E-state index in [2.05, 4.69) is 10.1 Å². The van der Waals surface area contributed by atoms with Crippen LogP contribution in [0.4, 0.5) is 0 Å². The van der Waals surface area contributed by atoms with Crippen LogP contribution in [0.2, 0.25) is 0 Å². The second-order valence-corrected chi connectivity index (χ2v) is 6.46. The van der Waals surface area contributed by atoms with Crippen molar-refractivity contribution in [1.82, 2.24) is 10.1 Å². The zero-order valence-corrected chi connectivity index (χ0v) is 12.3. The number of ether oxygens (including phenoxy) is 1. The molecule has 0 aliphatic carbocycles. The van der Waals surface area contributed by atoms with E-state index in [4.69, 9.17) is 14.4 Å². The molecule has 0 bridgehead atoms. The molecule has 0 spiro atoms. The number of aromatic nitrogens is 2. The topological polar surface area (TPSA) is 85.5 Å². The van der Waals surface area contributed by atoms with Crippen molar-refractivity contribution in [1.29, 1.82) is 0 Å². The highest BCUT2D eigenvalue weighted by Gasteiger charge is 2.35. The predicted molar refractivity (Wildman–Crippen MR) is 71.2 cm³/mol. The van der Waals surface area contributed by atoms with Gasteiger partial charge in [-0.05, 0) is 31.6 Å². The van der Waals surface area contributed by atoms with E-state index < -0.39 is 17.0 Å². The standard InChI is InChI=1S/C14H22N2O4/c1-13(2,9-11(17)18)8-10-15-12(16-20-10)14(3)6-4-5-7-19-14/h4-9H2,1-3H3,(H,17,18). The van der Waals surface area contributed by atoms with Crippen LogP contribution in [0.15, 0.2) is 4.52 Å². The van der Waals surface area contributed by atoms with E-state index in [1.54, 1.807) is 0 Å². The van der Waals surface area contributed by atoms with Gasteiger partial charge in [-0.1, -0.05) is 19.0 Å². The molecule has 1 aromatic heterocycles. The fourth-order valence-electron chi connectivity index (χ4n) is 2.53. The number of carbonyl (C=O) groups is 1. The first kappa shape index (κ1) is 15.0. The maximum Gasteiger partial charge on any atom is 0.303 e. The number of nitrogens with zero attached hydrogens (tertiary/aromatic N) is 2. The summed E-state index contributed by atoms with van der Waals surface area (Å²) in [7, 11) is 0. The molecule has 0 radical (unpaired) electrons. The summed E-state index contributed by atoms with van der Waals surface area (Å²) in [6, 6.07) is 0. The lowest BCUT2D eigenvalue weighted by atomic mass is 9.86. The number of hydrogen-bond acceptors (Lipinski definition) is 5. The average molecular weight is 282 g/mol. The second-order valence-electron chi connectivity index (χ2n) is 6.46. The molecule has 1 aromatic rings. The fourth-order valence-corrected chi connectivity index (χ4v) is 2.53. The predicted octanol–water partition coefficient (Wildman–Crippen LogP) is 2.53. The van der Waals surface area contributed by atoms with Crippen LogP contribution in [0.25, 0.3) is 0 Å². The van der Waals surface area contributed by atoms with Crippen molar-refractivity contribution in [2.45, 2.75) is 58.5 Å². The molecule has 1 fully saturated rings. The molecule has 2 heterocycles. The van der Waals surface area contributed by atoms with Crippen LogP contribution in [-0.2, 0) is 21.6 Å². The lowest BCUT2D eigenvalue weighted by molar-refractivity contribution is -0.139. The van der Waals surface area contributed by atoms with Gasteiger partial charge in [0.15, 0.2) is 0 Å². The zero-order valence-electron chi connectivity index (χ0n) is 12.3. The van der Waals surface area contributed by atoms with Crippen LogP contribution < -0.4 is 0 Å². The summed E-state index contributed by atoms with van der Waals surface area (Å²) in [4.78, 5) is 15.2. The first-order valence-electron chi connectivity index (χ1n) is 7.00. The van der Waals surface area contributed by atoms with Crippen molar-refractivity contribution in [2.24, 2.45) is 5.41 Å². The molecule has 1 atom stereocenters. The van der Waals surface area contributed by atoms with Crippen LogP contribution in [0, 0.1) is 5.41 Å². The molecular formula is C14H22N2O4. The summed E-state index contributed by atoms with van der Waals surface area (Å²) in [5, 5.41) is 12.9. The molecule has 1 aliphatic rings. The molecule has 20 heavy (non-hydrogen) atoms. The lowest BCUT2D eigenvalue weighted by Gasteiger charge is -2.30. The van der Waals surface area contributed by atoms with Gasteiger partial charge in [-0.25, -0.2) is 0 Å². The highest BCUT2D eigenvalue weighted by Crippen LogP contribution is 2.33. The summed E-state index contributed by atoms with van der Waals surface area (Å²) in [5.41, 5.74) is -0.888. The Morgan fingerprint density at radius 3 is 2.80 bits per heavy atom. The van der Waals surface area contributed by atoms with Crippen LogP contribution in [0.3, 0.4) is 0 Å². The monoisotopic (exact) mass is 282 g/mol. The van der Waals surface area contributed by atoms with Crippen LogP contribution in [-0.4, -0.2) is 27.8 Å². The Kier molecular flexibility index (Phi) is 4.13. The van der Waals surface area contributed by atoms with E-state index in [1.165, 1.54) is 0 Å². The maximum absolute atomic E-state index is 10.8. The van der Waals surface area contributed by atoms with Gasteiger partial charge in [0.05, 0.1) is 6.42 Å². The van der Waals surface area contributed by atoms with Crippen molar-refractivity contribution in [3.63, 3.8) is 0 Å². The smallest absolute Gasteiger partial charge is 0.303 e. The molecule has 2 rings (SSSR count). The number of hydrogen-bond donors (Lipinski definition) is 1. The third kappa shape index (κ3) is 3.56. The number of carboxylic acids is 1. The van der Waals surface area contributed by atoms with Crippen molar-refractivity contribution in [2.75, 3.05) is 6.61 Å². The molecule has 1 unspecified atom stereocenters. The Labute approximate surface area is 118 Å². The maximum atomic E-state index is 10.8. The van der Waals surface area contributed by atoms with Crippen molar-refractivity contribution < 1.29 is 19.2 Å². The third-order valence-corrected chi connectivity index (χ3v) is 3.67. The van der Waals surface area contributed by atoms with Crippen molar-refractivity contribution in [3.05, 3.63) is 11.7 Å². The highest BCUT2D eigenvalue weighted by atomic mass is 16.5. The van der Waals surface area contributed by atoms with E-state index in [-0.39, 0.29) is 6.42 Å². The van der Waals surface area contributed by atoms with Gasteiger partial charge in [-0.15, -0.1) is 0 Å². The summed E-state index contributed by atoms with van der Waals surface area (Å²) >= 11 is 0. The first-order chi connectivity index (χ1) is 9.31. The van der Waals surface area contributed by atoms with Gasteiger partial charge in [0.25, 0.3) is 0 Å². The number of aliphatic carboxylic acids is 1. The van der Waals surface area contributed by atoms with E-state index in [9.17, 15) is 4.79 Å². The van der Waals surface area contributed by atoms with Gasteiger partial charge in [0.2, 0.25) is 11.7 Å². The SMILES string of the molecule is CC(C)(CC(=O)O)Cc1nc(C2(C)CCCCO2)no1. The molecule has 1 N–H and O–H groups in total. The summed E-state index contributed by atoms with van der Waals surface area (Å²) in [6.45, 7) is 6.45. The fraction of sp³-hybridized carbons (Fsp3) is 0.786. The molecular weight excluding hydrogens is 260 g/mol. The Morgan fingerprint density at radius 1 is 1.45 bits per heavy atom. The van der Waals surface area contributed by atoms with Gasteiger partial charge >= 0.3 is 5.97 Å². The third-order valence-electron chi connectivity index (χ3n) is 3.67. The van der Waals surface area contributed by atoms with Crippen LogP contribution in [0.1, 0.15) is 58.2 Å². The van der Waals surface area contributed by atoms with Crippen molar-refractivity contribution >= 4 is 5.97 Å². The van der Waals surface area contributed by atoms with E-state index >= 15 is 0 Å². The Bertz CT molecular complexity index is 475. The van der Waals surface area contributed by atoms with Crippen LogP contribution >= 0.6 is 0 Å². The molecule has 112 valence electrons. The molecule has 6 heteroatoms. The number of carboxylic acid groups (broad SMARTS) is 1. The van der Waals surface area contributed by atoms with Gasteiger partial charge < -0.3 is 14.4 Å². The minimum absolute atomic E-state index is 0.0679. The van der Waals surface area contributed by atoms with Gasteiger partial charge in [0, 0.05) is 13.0 Å². The molecule has 1 saturated heterocycles. The van der Waals surface area contributed by atoms with E-state index in [0.717, 1.165) is 19.3 Å². The zero-order chi connectivity index (χ0) is 14.8. The molecule has 1 aliphatic heterocycles. The Balaban J connectivity index is 2.07. The molecule has 0 saturated carbocycles. The van der Waals surface area contributed by atoms with E-state index in [0.29, 0.717) is 24.7 Å². The normalized spacial score (nSPS) is 23.8.